The van der Waals surface area contributed by atoms with E-state index in [0.29, 0.717) is 12.3 Å². The number of benzene rings is 2. The second kappa shape index (κ2) is 6.10. The molecule has 0 unspecified atom stereocenters. The monoisotopic (exact) mass is 271 g/mol. The van der Waals surface area contributed by atoms with Gasteiger partial charge in [-0.05, 0) is 31.2 Å². The third-order valence-electron chi connectivity index (χ3n) is 3.06. The van der Waals surface area contributed by atoms with Gasteiger partial charge in [0, 0.05) is 18.3 Å². The molecule has 0 atom stereocenters. The molecule has 0 aromatic heterocycles. The van der Waals surface area contributed by atoms with Crippen LogP contribution in [-0.4, -0.2) is 24.7 Å². The summed E-state index contributed by atoms with van der Waals surface area (Å²) < 4.78 is 5.02. The molecule has 0 bridgehead atoms. The van der Waals surface area contributed by atoms with Crippen molar-refractivity contribution in [2.75, 3.05) is 18.6 Å². The minimum absolute atomic E-state index is 0.0799. The molecule has 0 fully saturated rings. The second-order valence-electron chi connectivity index (χ2n) is 4.27. The Hall–Kier alpha value is -2.49. The molecule has 104 valence electrons. The van der Waals surface area contributed by atoms with Crippen LogP contribution in [0.1, 0.15) is 17.3 Å². The van der Waals surface area contributed by atoms with Crippen LogP contribution in [0.5, 0.6) is 11.5 Å². The van der Waals surface area contributed by atoms with Crippen LogP contribution < -0.4 is 9.64 Å². The molecule has 1 amide bonds. The maximum atomic E-state index is 12.5. The average molecular weight is 271 g/mol. The lowest BCUT2D eigenvalue weighted by atomic mass is 10.1. The molecule has 2 aromatic carbocycles. The Morgan fingerprint density at radius 3 is 2.45 bits per heavy atom. The molecule has 4 heteroatoms. The Kier molecular flexibility index (Phi) is 4.25. The van der Waals surface area contributed by atoms with Crippen LogP contribution in [0, 0.1) is 0 Å². The number of anilines is 1. The first kappa shape index (κ1) is 13.9. The summed E-state index contributed by atoms with van der Waals surface area (Å²) in [7, 11) is 1.51. The molecule has 2 rings (SSSR count). The molecule has 2 aromatic rings. The molecule has 0 spiro atoms. The summed E-state index contributed by atoms with van der Waals surface area (Å²) in [6, 6.07) is 14.0. The van der Waals surface area contributed by atoms with E-state index >= 15 is 0 Å². The number of phenolic OH excluding ortho intramolecular Hbond substituents is 1. The fourth-order valence-corrected chi connectivity index (χ4v) is 2.02. The maximum Gasteiger partial charge on any atom is 0.262 e. The number of para-hydroxylation sites is 1. The van der Waals surface area contributed by atoms with Crippen molar-refractivity contribution in [3.05, 3.63) is 54.1 Å². The van der Waals surface area contributed by atoms with Crippen LogP contribution in [-0.2, 0) is 0 Å². The quantitative estimate of drug-likeness (QED) is 0.929. The molecule has 0 saturated carbocycles. The van der Waals surface area contributed by atoms with Gasteiger partial charge in [-0.25, -0.2) is 0 Å². The van der Waals surface area contributed by atoms with Crippen LogP contribution in [0.2, 0.25) is 0 Å². The molecule has 0 radical (unpaired) electrons. The first-order chi connectivity index (χ1) is 9.67. The average Bonchev–Trinajstić information content (AvgIpc) is 2.48. The van der Waals surface area contributed by atoms with E-state index in [0.717, 1.165) is 5.69 Å². The predicted molar refractivity (Wildman–Crippen MR) is 78.5 cm³/mol. The number of carbonyl (C=O) groups excluding carboxylic acids is 1. The summed E-state index contributed by atoms with van der Waals surface area (Å²) in [4.78, 5) is 14.1. The van der Waals surface area contributed by atoms with E-state index in [1.165, 1.54) is 13.2 Å². The van der Waals surface area contributed by atoms with Gasteiger partial charge >= 0.3 is 0 Å². The van der Waals surface area contributed by atoms with E-state index in [4.69, 9.17) is 4.74 Å². The summed E-state index contributed by atoms with van der Waals surface area (Å²) in [5.74, 6) is 0.199. The summed E-state index contributed by atoms with van der Waals surface area (Å²) in [5, 5.41) is 9.96. The molecule has 0 saturated heterocycles. The van der Waals surface area contributed by atoms with Gasteiger partial charge in [-0.15, -0.1) is 0 Å². The zero-order valence-corrected chi connectivity index (χ0v) is 11.5. The normalized spacial score (nSPS) is 10.1. The highest BCUT2D eigenvalue weighted by Gasteiger charge is 2.19. The third kappa shape index (κ3) is 2.74. The minimum atomic E-state index is -0.237. The Morgan fingerprint density at radius 2 is 1.90 bits per heavy atom. The van der Waals surface area contributed by atoms with Crippen molar-refractivity contribution in [1.82, 2.24) is 0 Å². The number of methoxy groups -OCH3 is 1. The van der Waals surface area contributed by atoms with Crippen LogP contribution in [0.3, 0.4) is 0 Å². The molecular weight excluding hydrogens is 254 g/mol. The molecule has 0 aliphatic heterocycles. The van der Waals surface area contributed by atoms with Crippen molar-refractivity contribution in [2.24, 2.45) is 0 Å². The third-order valence-corrected chi connectivity index (χ3v) is 3.06. The van der Waals surface area contributed by atoms with E-state index in [1.807, 2.05) is 37.3 Å². The Morgan fingerprint density at radius 1 is 1.20 bits per heavy atom. The van der Waals surface area contributed by atoms with E-state index in [1.54, 1.807) is 17.0 Å². The Labute approximate surface area is 118 Å². The van der Waals surface area contributed by atoms with E-state index in [-0.39, 0.29) is 17.2 Å². The standard InChI is InChI=1S/C16H17NO3/c1-3-17(12-7-5-4-6-8-12)16(19)14-10-9-13(20-2)11-15(14)18/h4-11,18H,3H2,1-2H3. The van der Waals surface area contributed by atoms with Gasteiger partial charge in [0.25, 0.3) is 5.91 Å². The lowest BCUT2D eigenvalue weighted by molar-refractivity contribution is 0.0985. The highest BCUT2D eigenvalue weighted by molar-refractivity contribution is 6.07. The lowest BCUT2D eigenvalue weighted by Gasteiger charge is -2.21. The largest absolute Gasteiger partial charge is 0.507 e. The molecule has 0 heterocycles. The number of hydrogen-bond acceptors (Lipinski definition) is 3. The molecule has 1 N–H and O–H groups in total. The fourth-order valence-electron chi connectivity index (χ4n) is 2.02. The van der Waals surface area contributed by atoms with Gasteiger partial charge < -0.3 is 14.7 Å². The van der Waals surface area contributed by atoms with Gasteiger partial charge in [0.05, 0.1) is 12.7 Å². The number of nitrogens with zero attached hydrogens (tertiary/aromatic N) is 1. The van der Waals surface area contributed by atoms with Crippen LogP contribution >= 0.6 is 0 Å². The van der Waals surface area contributed by atoms with E-state index in [2.05, 4.69) is 0 Å². The van der Waals surface area contributed by atoms with Crippen molar-refractivity contribution in [3.8, 4) is 11.5 Å². The fraction of sp³-hybridized carbons (Fsp3) is 0.188. The van der Waals surface area contributed by atoms with Crippen molar-refractivity contribution in [2.45, 2.75) is 6.92 Å². The maximum absolute atomic E-state index is 12.5. The zero-order valence-electron chi connectivity index (χ0n) is 11.5. The highest BCUT2D eigenvalue weighted by Crippen LogP contribution is 2.26. The Balaban J connectivity index is 2.34. The van der Waals surface area contributed by atoms with Gasteiger partial charge in [0.15, 0.2) is 0 Å². The Bertz CT molecular complexity index is 596. The van der Waals surface area contributed by atoms with Crippen LogP contribution in [0.25, 0.3) is 0 Å². The van der Waals surface area contributed by atoms with Crippen LogP contribution in [0.4, 0.5) is 5.69 Å². The lowest BCUT2D eigenvalue weighted by Crippen LogP contribution is -2.30. The van der Waals surface area contributed by atoms with E-state index < -0.39 is 0 Å². The minimum Gasteiger partial charge on any atom is -0.507 e. The van der Waals surface area contributed by atoms with E-state index in [9.17, 15) is 9.90 Å². The molecular formula is C16H17NO3. The zero-order chi connectivity index (χ0) is 14.5. The SMILES string of the molecule is CCN(C(=O)c1ccc(OC)cc1O)c1ccccc1. The number of rotatable bonds is 4. The predicted octanol–water partition coefficient (Wildman–Crippen LogP) is 3.07. The van der Waals surface area contributed by atoms with Crippen molar-refractivity contribution in [3.63, 3.8) is 0 Å². The number of hydrogen-bond donors (Lipinski definition) is 1. The number of aromatic hydroxyl groups is 1. The number of carbonyl (C=O) groups is 1. The van der Waals surface area contributed by atoms with Gasteiger partial charge in [-0.1, -0.05) is 18.2 Å². The van der Waals surface area contributed by atoms with Crippen LogP contribution in [0.15, 0.2) is 48.5 Å². The van der Waals surface area contributed by atoms with Gasteiger partial charge in [0.1, 0.15) is 11.5 Å². The second-order valence-corrected chi connectivity index (χ2v) is 4.27. The molecule has 4 nitrogen and oxygen atoms in total. The highest BCUT2D eigenvalue weighted by atomic mass is 16.5. The smallest absolute Gasteiger partial charge is 0.262 e. The van der Waals surface area contributed by atoms with Crippen molar-refractivity contribution < 1.29 is 14.6 Å². The number of amides is 1. The van der Waals surface area contributed by atoms with Crippen molar-refractivity contribution in [1.29, 1.82) is 0 Å². The molecule has 0 aliphatic carbocycles. The summed E-state index contributed by atoms with van der Waals surface area (Å²) in [5.41, 5.74) is 1.06. The summed E-state index contributed by atoms with van der Waals surface area (Å²) in [6.07, 6.45) is 0. The summed E-state index contributed by atoms with van der Waals surface area (Å²) >= 11 is 0. The van der Waals surface area contributed by atoms with Crippen molar-refractivity contribution >= 4 is 11.6 Å². The molecule has 0 aliphatic rings. The number of phenols is 1. The molecule has 20 heavy (non-hydrogen) atoms. The topological polar surface area (TPSA) is 49.8 Å². The number of ether oxygens (including phenoxy) is 1. The first-order valence-corrected chi connectivity index (χ1v) is 6.41. The first-order valence-electron chi connectivity index (χ1n) is 6.41. The van der Waals surface area contributed by atoms with Gasteiger partial charge in [0.2, 0.25) is 0 Å². The van der Waals surface area contributed by atoms with Gasteiger partial charge in [-0.3, -0.25) is 4.79 Å². The van der Waals surface area contributed by atoms with Gasteiger partial charge in [-0.2, -0.15) is 0 Å². The summed E-state index contributed by atoms with van der Waals surface area (Å²) in [6.45, 7) is 2.42.